The lowest BCUT2D eigenvalue weighted by Gasteiger charge is -2.31. The van der Waals surface area contributed by atoms with Crippen molar-refractivity contribution in [3.8, 4) is 0 Å². The predicted octanol–water partition coefficient (Wildman–Crippen LogP) is 0.141. The molecule has 1 aromatic rings. The van der Waals surface area contributed by atoms with E-state index >= 15 is 0 Å². The lowest BCUT2D eigenvalue weighted by Crippen LogP contribution is -2.97. The molecule has 6 nitrogen and oxygen atoms in total. The van der Waals surface area contributed by atoms with Crippen molar-refractivity contribution < 1.29 is 24.1 Å². The summed E-state index contributed by atoms with van der Waals surface area (Å²) in [7, 11) is 0. The van der Waals surface area contributed by atoms with Crippen LogP contribution in [0.1, 0.15) is 36.5 Å². The number of carbonyl (C=O) groups is 3. The van der Waals surface area contributed by atoms with Gasteiger partial charge in [-0.15, -0.1) is 0 Å². The van der Waals surface area contributed by atoms with Crippen LogP contribution in [0.2, 0.25) is 0 Å². The molecular weight excluding hydrogens is 325 g/mol. The number of hydrogen-bond donors (Lipinski definition) is 1. The van der Waals surface area contributed by atoms with E-state index in [0.717, 1.165) is 12.8 Å². The number of carbonyl (C=O) groups excluding carboxylic acids is 3. The van der Waals surface area contributed by atoms with Crippen LogP contribution in [0.15, 0.2) is 24.3 Å². The Balaban J connectivity index is 1.52. The highest BCUT2D eigenvalue weighted by Gasteiger charge is 2.42. The van der Waals surface area contributed by atoms with Gasteiger partial charge in [-0.05, 0) is 31.2 Å². The molecule has 7 heteroatoms. The molecule has 25 heavy (non-hydrogen) atoms. The van der Waals surface area contributed by atoms with Crippen LogP contribution in [0.5, 0.6) is 0 Å². The summed E-state index contributed by atoms with van der Waals surface area (Å²) in [5.74, 6) is -0.653. The minimum absolute atomic E-state index is 0.0947. The Morgan fingerprint density at radius 3 is 2.40 bits per heavy atom. The number of amides is 3. The van der Waals surface area contributed by atoms with Gasteiger partial charge in [0.15, 0.2) is 6.04 Å². The fourth-order valence-electron chi connectivity index (χ4n) is 3.59. The first-order chi connectivity index (χ1) is 12.0. The van der Waals surface area contributed by atoms with E-state index in [1.165, 1.54) is 29.2 Å². The summed E-state index contributed by atoms with van der Waals surface area (Å²) >= 11 is 0. The van der Waals surface area contributed by atoms with Crippen molar-refractivity contribution in [1.29, 1.82) is 0 Å². The first-order valence-electron chi connectivity index (χ1n) is 8.73. The van der Waals surface area contributed by atoms with Gasteiger partial charge in [-0.2, -0.15) is 0 Å². The van der Waals surface area contributed by atoms with Gasteiger partial charge in [-0.3, -0.25) is 19.3 Å². The van der Waals surface area contributed by atoms with Crippen molar-refractivity contribution in [3.05, 3.63) is 35.6 Å². The lowest BCUT2D eigenvalue weighted by molar-refractivity contribution is -0.710. The molecule has 3 amide bonds. The third-order valence-corrected chi connectivity index (χ3v) is 5.02. The van der Waals surface area contributed by atoms with E-state index in [1.54, 1.807) is 11.8 Å². The number of nitrogens with two attached hydrogens (primary N) is 1. The maximum atomic E-state index is 13.0. The standard InChI is InChI=1S/C18H22FN3O3/c1-2-22-16(23)11-15(18(22)25)20-14-7-9-21(10-8-14)17(24)12-3-5-13(19)6-4-12/h3-6,14-15,20H,2,7-11H2,1H3/p+1/t15-/m0/s1. The largest absolute Gasteiger partial charge is 0.338 e. The lowest BCUT2D eigenvalue weighted by atomic mass is 10.0. The Bertz CT molecular complexity index is 669. The molecule has 0 unspecified atom stereocenters. The number of quaternary nitrogens is 1. The van der Waals surface area contributed by atoms with Gasteiger partial charge < -0.3 is 10.2 Å². The van der Waals surface area contributed by atoms with Gasteiger partial charge in [0, 0.05) is 38.0 Å². The number of imide groups is 1. The molecule has 0 aromatic heterocycles. The van der Waals surface area contributed by atoms with Crippen LogP contribution in [0.4, 0.5) is 4.39 Å². The Hall–Kier alpha value is -2.28. The van der Waals surface area contributed by atoms with Gasteiger partial charge in [-0.1, -0.05) is 0 Å². The maximum Gasteiger partial charge on any atom is 0.287 e. The Morgan fingerprint density at radius 2 is 1.84 bits per heavy atom. The maximum absolute atomic E-state index is 13.0. The third-order valence-electron chi connectivity index (χ3n) is 5.02. The van der Waals surface area contributed by atoms with Gasteiger partial charge in [0.1, 0.15) is 5.82 Å². The molecule has 2 heterocycles. The number of likely N-dealkylation sites (N-methyl/N-ethyl adjacent to an activating group) is 1. The minimum Gasteiger partial charge on any atom is -0.338 e. The highest BCUT2D eigenvalue weighted by Crippen LogP contribution is 2.15. The van der Waals surface area contributed by atoms with Gasteiger partial charge in [-0.25, -0.2) is 4.39 Å². The van der Waals surface area contributed by atoms with Gasteiger partial charge in [0.05, 0.1) is 12.5 Å². The molecule has 134 valence electrons. The zero-order valence-corrected chi connectivity index (χ0v) is 14.3. The van der Waals surface area contributed by atoms with Crippen LogP contribution in [-0.4, -0.2) is 59.2 Å². The van der Waals surface area contributed by atoms with Crippen molar-refractivity contribution in [3.63, 3.8) is 0 Å². The zero-order valence-electron chi connectivity index (χ0n) is 14.3. The minimum atomic E-state index is -0.359. The van der Waals surface area contributed by atoms with Crippen LogP contribution in [0, 0.1) is 5.82 Å². The summed E-state index contributed by atoms with van der Waals surface area (Å²) in [5, 5.41) is 2.00. The van der Waals surface area contributed by atoms with E-state index in [1.807, 2.05) is 5.32 Å². The number of nitrogens with zero attached hydrogens (tertiary/aromatic N) is 2. The quantitative estimate of drug-likeness (QED) is 0.787. The van der Waals surface area contributed by atoms with Crippen molar-refractivity contribution in [2.24, 2.45) is 0 Å². The smallest absolute Gasteiger partial charge is 0.287 e. The molecule has 0 saturated carbocycles. The van der Waals surface area contributed by atoms with Crippen molar-refractivity contribution in [2.75, 3.05) is 19.6 Å². The second-order valence-electron chi connectivity index (χ2n) is 6.62. The topological polar surface area (TPSA) is 74.3 Å². The van der Waals surface area contributed by atoms with Crippen LogP contribution in [0.25, 0.3) is 0 Å². The van der Waals surface area contributed by atoms with Gasteiger partial charge >= 0.3 is 0 Å². The molecule has 0 radical (unpaired) electrons. The zero-order chi connectivity index (χ0) is 18.0. The summed E-state index contributed by atoms with van der Waals surface area (Å²) in [5.41, 5.74) is 0.485. The monoisotopic (exact) mass is 348 g/mol. The summed E-state index contributed by atoms with van der Waals surface area (Å²) in [6.45, 7) is 3.43. The SMILES string of the molecule is CCN1C(=O)C[C@H]([NH2+]C2CCN(C(=O)c3ccc(F)cc3)CC2)C1=O. The molecule has 2 aliphatic heterocycles. The average molecular weight is 348 g/mol. The molecule has 0 aliphatic carbocycles. The second-order valence-corrected chi connectivity index (χ2v) is 6.62. The van der Waals surface area contributed by atoms with Crippen molar-refractivity contribution >= 4 is 17.7 Å². The fraction of sp³-hybridized carbons (Fsp3) is 0.500. The van der Waals surface area contributed by atoms with Crippen molar-refractivity contribution in [1.82, 2.24) is 9.80 Å². The van der Waals surface area contributed by atoms with E-state index < -0.39 is 0 Å². The third kappa shape index (κ3) is 3.71. The molecule has 2 fully saturated rings. The normalized spacial score (nSPS) is 21.9. The number of likely N-dealkylation sites (tertiary alicyclic amines) is 2. The molecular formula is C18H23FN3O3+. The Morgan fingerprint density at radius 1 is 1.20 bits per heavy atom. The molecule has 0 bridgehead atoms. The Kier molecular flexibility index (Phi) is 5.13. The van der Waals surface area contributed by atoms with E-state index in [4.69, 9.17) is 0 Å². The fourth-order valence-corrected chi connectivity index (χ4v) is 3.59. The average Bonchev–Trinajstić information content (AvgIpc) is 2.88. The number of benzene rings is 1. The van der Waals surface area contributed by atoms with E-state index in [9.17, 15) is 18.8 Å². The summed E-state index contributed by atoms with van der Waals surface area (Å²) in [4.78, 5) is 39.5. The first kappa shape index (κ1) is 17.5. The molecule has 2 aliphatic rings. The summed E-state index contributed by atoms with van der Waals surface area (Å²) in [6, 6.07) is 5.48. The van der Waals surface area contributed by atoms with Crippen LogP contribution < -0.4 is 5.32 Å². The Labute approximate surface area is 146 Å². The highest BCUT2D eigenvalue weighted by atomic mass is 19.1. The number of hydrogen-bond acceptors (Lipinski definition) is 3. The molecule has 0 spiro atoms. The van der Waals surface area contributed by atoms with Crippen LogP contribution in [-0.2, 0) is 9.59 Å². The molecule has 1 aromatic carbocycles. The molecule has 3 rings (SSSR count). The predicted molar refractivity (Wildman–Crippen MR) is 88.0 cm³/mol. The van der Waals surface area contributed by atoms with E-state index in [2.05, 4.69) is 0 Å². The number of halogens is 1. The summed E-state index contributed by atoms with van der Waals surface area (Å²) in [6.07, 6.45) is 1.81. The van der Waals surface area contributed by atoms with Crippen LogP contribution >= 0.6 is 0 Å². The highest BCUT2D eigenvalue weighted by molar-refractivity contribution is 6.04. The van der Waals surface area contributed by atoms with Gasteiger partial charge in [0.2, 0.25) is 5.91 Å². The molecule has 2 N–H and O–H groups in total. The molecule has 1 atom stereocenters. The first-order valence-corrected chi connectivity index (χ1v) is 8.73. The van der Waals surface area contributed by atoms with Crippen LogP contribution in [0.3, 0.4) is 0 Å². The van der Waals surface area contributed by atoms with Gasteiger partial charge in [0.25, 0.3) is 11.8 Å². The van der Waals surface area contributed by atoms with Crippen molar-refractivity contribution in [2.45, 2.75) is 38.3 Å². The van der Waals surface area contributed by atoms with E-state index in [0.29, 0.717) is 25.2 Å². The van der Waals surface area contributed by atoms with E-state index in [-0.39, 0.29) is 42.0 Å². The second kappa shape index (κ2) is 7.31. The summed E-state index contributed by atoms with van der Waals surface area (Å²) < 4.78 is 13.0. The molecule has 2 saturated heterocycles. The number of rotatable bonds is 4. The number of piperidine rings is 1.